The number of anilines is 2. The van der Waals surface area contributed by atoms with E-state index in [4.69, 9.17) is 10.5 Å². The van der Waals surface area contributed by atoms with Crippen molar-refractivity contribution in [3.63, 3.8) is 0 Å². The Labute approximate surface area is 89.6 Å². The fourth-order valence-corrected chi connectivity index (χ4v) is 1.29. The molecule has 1 aromatic carbocycles. The summed E-state index contributed by atoms with van der Waals surface area (Å²) in [6, 6.07) is 2.90. The van der Waals surface area contributed by atoms with Gasteiger partial charge in [-0.1, -0.05) is 0 Å². The minimum Gasteiger partial charge on any atom is -0.488 e. The second-order valence-electron chi connectivity index (χ2n) is 3.90. The molecule has 0 radical (unpaired) electrons. The normalized spacial score (nSPS) is 10.5. The molecule has 0 aromatic heterocycles. The first kappa shape index (κ1) is 11.6. The van der Waals surface area contributed by atoms with E-state index in [1.165, 1.54) is 6.07 Å². The van der Waals surface area contributed by atoms with Crippen molar-refractivity contribution < 1.29 is 9.13 Å². The van der Waals surface area contributed by atoms with Gasteiger partial charge in [-0.2, -0.15) is 0 Å². The molecule has 0 atom stereocenters. The van der Waals surface area contributed by atoms with Crippen molar-refractivity contribution in [2.75, 3.05) is 24.7 Å². The predicted octanol–water partition coefficient (Wildman–Crippen LogP) is 2.26. The Kier molecular flexibility index (Phi) is 3.39. The second-order valence-corrected chi connectivity index (χ2v) is 3.90. The van der Waals surface area contributed by atoms with Gasteiger partial charge in [0, 0.05) is 26.2 Å². The first-order chi connectivity index (χ1) is 6.91. The number of nitrogens with two attached hydrogens (primary N) is 1. The fraction of sp³-hybridized carbons (Fsp3) is 0.455. The summed E-state index contributed by atoms with van der Waals surface area (Å²) in [5.41, 5.74) is 6.85. The Morgan fingerprint density at radius 2 is 1.93 bits per heavy atom. The highest BCUT2D eigenvalue weighted by Gasteiger charge is 2.11. The van der Waals surface area contributed by atoms with E-state index in [0.29, 0.717) is 5.69 Å². The van der Waals surface area contributed by atoms with Crippen molar-refractivity contribution in [1.29, 1.82) is 0 Å². The molecule has 0 saturated carbocycles. The van der Waals surface area contributed by atoms with Crippen LogP contribution in [0.5, 0.6) is 5.75 Å². The molecule has 84 valence electrons. The third-order valence-corrected chi connectivity index (χ3v) is 1.93. The van der Waals surface area contributed by atoms with Gasteiger partial charge in [0.2, 0.25) is 0 Å². The molecule has 15 heavy (non-hydrogen) atoms. The lowest BCUT2D eigenvalue weighted by atomic mass is 10.2. The molecule has 0 saturated heterocycles. The van der Waals surface area contributed by atoms with Gasteiger partial charge in [-0.15, -0.1) is 0 Å². The van der Waals surface area contributed by atoms with Gasteiger partial charge in [0.25, 0.3) is 0 Å². The number of benzene rings is 1. The molecule has 0 aliphatic rings. The second kappa shape index (κ2) is 4.38. The summed E-state index contributed by atoms with van der Waals surface area (Å²) < 4.78 is 18.8. The molecule has 1 aromatic rings. The van der Waals surface area contributed by atoms with Gasteiger partial charge in [-0.25, -0.2) is 4.39 Å². The molecule has 0 amide bonds. The molecule has 0 fully saturated rings. The lowest BCUT2D eigenvalue weighted by Gasteiger charge is -2.18. The zero-order chi connectivity index (χ0) is 11.6. The van der Waals surface area contributed by atoms with Crippen LogP contribution < -0.4 is 15.4 Å². The smallest absolute Gasteiger partial charge is 0.167 e. The Balaban J connectivity index is 3.11. The lowest BCUT2D eigenvalue weighted by Crippen LogP contribution is -2.13. The number of hydrogen-bond acceptors (Lipinski definition) is 3. The van der Waals surface area contributed by atoms with Crippen LogP contribution in [0.3, 0.4) is 0 Å². The first-order valence-electron chi connectivity index (χ1n) is 4.84. The average Bonchev–Trinajstić information content (AvgIpc) is 2.08. The Bertz CT molecular complexity index is 351. The maximum atomic E-state index is 13.4. The molecule has 0 aliphatic carbocycles. The highest BCUT2D eigenvalue weighted by Crippen LogP contribution is 2.30. The molecule has 0 spiro atoms. The van der Waals surface area contributed by atoms with E-state index in [2.05, 4.69) is 0 Å². The summed E-state index contributed by atoms with van der Waals surface area (Å²) >= 11 is 0. The molecule has 1 rings (SSSR count). The first-order valence-corrected chi connectivity index (χ1v) is 4.84. The third kappa shape index (κ3) is 2.75. The zero-order valence-electron chi connectivity index (χ0n) is 9.54. The van der Waals surface area contributed by atoms with Crippen LogP contribution in [0.1, 0.15) is 13.8 Å². The van der Waals surface area contributed by atoms with Gasteiger partial charge in [0.15, 0.2) is 11.6 Å². The third-order valence-electron chi connectivity index (χ3n) is 1.93. The van der Waals surface area contributed by atoms with Crippen molar-refractivity contribution in [3.05, 3.63) is 17.9 Å². The molecular formula is C11H17FN2O. The molecule has 2 N–H and O–H groups in total. The van der Waals surface area contributed by atoms with Gasteiger partial charge in [0.1, 0.15) is 0 Å². The van der Waals surface area contributed by atoms with Crippen LogP contribution in [0.4, 0.5) is 15.8 Å². The molecule has 0 unspecified atom stereocenters. The van der Waals surface area contributed by atoms with E-state index in [1.54, 1.807) is 6.07 Å². The molecule has 4 heteroatoms. The molecule has 0 aliphatic heterocycles. The number of rotatable bonds is 3. The number of hydrogen-bond donors (Lipinski definition) is 1. The summed E-state index contributed by atoms with van der Waals surface area (Å²) in [6.45, 7) is 3.70. The van der Waals surface area contributed by atoms with E-state index in [-0.39, 0.29) is 11.9 Å². The van der Waals surface area contributed by atoms with Crippen molar-refractivity contribution in [1.82, 2.24) is 0 Å². The maximum absolute atomic E-state index is 13.4. The van der Waals surface area contributed by atoms with Gasteiger partial charge in [-0.05, 0) is 13.8 Å². The summed E-state index contributed by atoms with van der Waals surface area (Å²) in [7, 11) is 3.70. The monoisotopic (exact) mass is 212 g/mol. The summed E-state index contributed by atoms with van der Waals surface area (Å²) in [5.74, 6) is -0.185. The van der Waals surface area contributed by atoms with Gasteiger partial charge in [-0.3, -0.25) is 0 Å². The highest BCUT2D eigenvalue weighted by molar-refractivity contribution is 5.69. The van der Waals surface area contributed by atoms with E-state index in [1.807, 2.05) is 32.8 Å². The number of halogens is 1. The standard InChI is InChI=1S/C11H17FN2O/c1-7(2)15-11-6-10(14(3)4)9(13)5-8(11)12/h5-7H,13H2,1-4H3. The van der Waals surface area contributed by atoms with Crippen LogP contribution >= 0.6 is 0 Å². The Hall–Kier alpha value is -1.45. The lowest BCUT2D eigenvalue weighted by molar-refractivity contribution is 0.231. The quantitative estimate of drug-likeness (QED) is 0.781. The Morgan fingerprint density at radius 1 is 1.33 bits per heavy atom. The van der Waals surface area contributed by atoms with Gasteiger partial charge >= 0.3 is 0 Å². The number of nitrogens with zero attached hydrogens (tertiary/aromatic N) is 1. The van der Waals surface area contributed by atoms with Gasteiger partial charge < -0.3 is 15.4 Å². The minimum absolute atomic E-state index is 0.0573. The largest absolute Gasteiger partial charge is 0.488 e. The van der Waals surface area contributed by atoms with E-state index < -0.39 is 5.82 Å². The minimum atomic E-state index is -0.424. The van der Waals surface area contributed by atoms with Crippen molar-refractivity contribution in [3.8, 4) is 5.75 Å². The predicted molar refractivity (Wildman–Crippen MR) is 60.9 cm³/mol. The average molecular weight is 212 g/mol. The fourth-order valence-electron chi connectivity index (χ4n) is 1.29. The highest BCUT2D eigenvalue weighted by atomic mass is 19.1. The topological polar surface area (TPSA) is 38.5 Å². The van der Waals surface area contributed by atoms with E-state index >= 15 is 0 Å². The Morgan fingerprint density at radius 3 is 2.40 bits per heavy atom. The van der Waals surface area contributed by atoms with E-state index in [9.17, 15) is 4.39 Å². The maximum Gasteiger partial charge on any atom is 0.167 e. The van der Waals surface area contributed by atoms with Crippen LogP contribution in [0.2, 0.25) is 0 Å². The van der Waals surface area contributed by atoms with Crippen LogP contribution in [-0.2, 0) is 0 Å². The van der Waals surface area contributed by atoms with Gasteiger partial charge in [0.05, 0.1) is 17.5 Å². The summed E-state index contributed by atoms with van der Waals surface area (Å²) in [6.07, 6.45) is -0.0573. The SMILES string of the molecule is CC(C)Oc1cc(N(C)C)c(N)cc1F. The van der Waals surface area contributed by atoms with Crippen LogP contribution in [0, 0.1) is 5.82 Å². The van der Waals surface area contributed by atoms with Crippen LogP contribution in [0.15, 0.2) is 12.1 Å². The van der Waals surface area contributed by atoms with Crippen LogP contribution in [-0.4, -0.2) is 20.2 Å². The molecule has 0 heterocycles. The summed E-state index contributed by atoms with van der Waals surface area (Å²) in [5, 5.41) is 0. The van der Waals surface area contributed by atoms with E-state index in [0.717, 1.165) is 5.69 Å². The number of ether oxygens (including phenoxy) is 1. The van der Waals surface area contributed by atoms with Crippen molar-refractivity contribution in [2.24, 2.45) is 0 Å². The molecular weight excluding hydrogens is 195 g/mol. The van der Waals surface area contributed by atoms with Crippen molar-refractivity contribution in [2.45, 2.75) is 20.0 Å². The molecule has 3 nitrogen and oxygen atoms in total. The van der Waals surface area contributed by atoms with Crippen LogP contribution in [0.25, 0.3) is 0 Å². The number of nitrogen functional groups attached to an aromatic ring is 1. The zero-order valence-corrected chi connectivity index (χ0v) is 9.54. The summed E-state index contributed by atoms with van der Waals surface area (Å²) in [4.78, 5) is 1.82. The van der Waals surface area contributed by atoms with Crippen molar-refractivity contribution >= 4 is 11.4 Å². The molecule has 0 bridgehead atoms.